The molecule has 3 aromatic carbocycles. The van der Waals surface area contributed by atoms with Gasteiger partial charge in [-0.15, -0.1) is 0 Å². The van der Waals surface area contributed by atoms with Crippen LogP contribution in [-0.4, -0.2) is 31.8 Å². The highest BCUT2D eigenvalue weighted by Gasteiger charge is 2.17. The van der Waals surface area contributed by atoms with Crippen molar-refractivity contribution >= 4 is 49.3 Å². The lowest BCUT2D eigenvalue weighted by Gasteiger charge is -2.08. The Labute approximate surface area is 189 Å². The van der Waals surface area contributed by atoms with Crippen LogP contribution in [0.2, 0.25) is 0 Å². The van der Waals surface area contributed by atoms with Gasteiger partial charge in [-0.05, 0) is 54.1 Å². The van der Waals surface area contributed by atoms with Crippen molar-refractivity contribution in [3.8, 4) is 0 Å². The topological polar surface area (TPSA) is 163 Å². The Morgan fingerprint density at radius 2 is 1.39 bits per heavy atom. The van der Waals surface area contributed by atoms with E-state index in [0.29, 0.717) is 0 Å². The van der Waals surface area contributed by atoms with Crippen LogP contribution >= 0.6 is 0 Å². The third kappa shape index (κ3) is 6.89. The van der Waals surface area contributed by atoms with Crippen LogP contribution in [0, 0.1) is 0 Å². The summed E-state index contributed by atoms with van der Waals surface area (Å²) in [5.41, 5.74) is 0.873. The highest BCUT2D eigenvalue weighted by molar-refractivity contribution is 7.86. The summed E-state index contributed by atoms with van der Waals surface area (Å²) in [6.07, 6.45) is 2.76. The van der Waals surface area contributed by atoms with Crippen molar-refractivity contribution in [1.29, 1.82) is 0 Å². The van der Waals surface area contributed by atoms with Gasteiger partial charge in [0.1, 0.15) is 4.90 Å². The molecule has 12 heteroatoms. The van der Waals surface area contributed by atoms with Crippen molar-refractivity contribution in [2.75, 3.05) is 5.32 Å². The molecule has 170 valence electrons. The first-order valence-corrected chi connectivity index (χ1v) is 12.1. The van der Waals surface area contributed by atoms with Crippen LogP contribution in [0.3, 0.4) is 0 Å². The molecule has 3 N–H and O–H groups in total. The summed E-state index contributed by atoms with van der Waals surface area (Å²) in [4.78, 5) is 11.3. The number of carbonyl (C=O) groups is 1. The smallest absolute Gasteiger partial charge is 0.296 e. The largest absolute Gasteiger partial charge is 0.321 e. The molecule has 0 bridgehead atoms. The molecule has 3 rings (SSSR count). The highest BCUT2D eigenvalue weighted by Crippen LogP contribution is 2.28. The van der Waals surface area contributed by atoms with Crippen LogP contribution in [-0.2, 0) is 25.0 Å². The Kier molecular flexibility index (Phi) is 7.13. The van der Waals surface area contributed by atoms with E-state index in [9.17, 15) is 26.2 Å². The Bertz CT molecular complexity index is 1430. The van der Waals surface area contributed by atoms with Gasteiger partial charge in [0.05, 0.1) is 22.0 Å². The standard InChI is InChI=1S/C21H17N3O7S2/c25-21(13-6-15-4-2-1-3-5-15)22-19-12-9-17(14-20(19)33(29,30)31)24-23-16-7-10-18(11-8-16)32(26,27)28/h1-14H,(H,22,25)(H,26,27,28)(H,29,30,31)/b13-6+,24-23?. The number of rotatable bonds is 7. The third-order valence-electron chi connectivity index (χ3n) is 4.14. The zero-order valence-corrected chi connectivity index (χ0v) is 18.4. The molecule has 0 heterocycles. The van der Waals surface area contributed by atoms with E-state index in [4.69, 9.17) is 4.55 Å². The Hall–Kier alpha value is -3.71. The maximum absolute atomic E-state index is 12.2. The second-order valence-corrected chi connectivity index (χ2v) is 9.37. The summed E-state index contributed by atoms with van der Waals surface area (Å²) < 4.78 is 64.3. The molecule has 0 aliphatic carbocycles. The normalized spacial score (nSPS) is 12.3. The Balaban J connectivity index is 1.81. The molecule has 3 aromatic rings. The fourth-order valence-corrected chi connectivity index (χ4v) is 3.75. The van der Waals surface area contributed by atoms with Gasteiger partial charge in [0.25, 0.3) is 20.2 Å². The minimum atomic E-state index is -4.71. The molecule has 0 saturated heterocycles. The van der Waals surface area contributed by atoms with E-state index in [0.717, 1.165) is 23.8 Å². The lowest BCUT2D eigenvalue weighted by atomic mass is 10.2. The van der Waals surface area contributed by atoms with Crippen molar-refractivity contribution in [2.24, 2.45) is 10.2 Å². The molecule has 0 saturated carbocycles. The minimum absolute atomic E-state index is 0.0410. The van der Waals surface area contributed by atoms with Crippen LogP contribution in [0.1, 0.15) is 5.56 Å². The zero-order valence-electron chi connectivity index (χ0n) is 16.7. The monoisotopic (exact) mass is 487 g/mol. The summed E-state index contributed by atoms with van der Waals surface area (Å²) in [6.45, 7) is 0. The quantitative estimate of drug-likeness (QED) is 0.255. The van der Waals surface area contributed by atoms with Crippen LogP contribution in [0.15, 0.2) is 98.9 Å². The van der Waals surface area contributed by atoms with Crippen molar-refractivity contribution in [1.82, 2.24) is 0 Å². The second-order valence-electron chi connectivity index (χ2n) is 6.56. The first kappa shape index (κ1) is 23.9. The molecule has 1 amide bonds. The molecule has 0 spiro atoms. The van der Waals surface area contributed by atoms with Crippen LogP contribution in [0.5, 0.6) is 0 Å². The summed E-state index contributed by atoms with van der Waals surface area (Å²) >= 11 is 0. The minimum Gasteiger partial charge on any atom is -0.321 e. The fraction of sp³-hybridized carbons (Fsp3) is 0. The van der Waals surface area contributed by atoms with Gasteiger partial charge in [0, 0.05) is 6.08 Å². The van der Waals surface area contributed by atoms with Crippen LogP contribution in [0.25, 0.3) is 6.08 Å². The average molecular weight is 488 g/mol. The summed E-state index contributed by atoms with van der Waals surface area (Å²) in [7, 11) is -9.06. The third-order valence-corrected chi connectivity index (χ3v) is 5.90. The van der Waals surface area contributed by atoms with Gasteiger partial charge < -0.3 is 5.32 Å². The molecule has 0 aromatic heterocycles. The van der Waals surface area contributed by atoms with E-state index in [1.807, 2.05) is 6.07 Å². The Morgan fingerprint density at radius 1 is 0.788 bits per heavy atom. The lowest BCUT2D eigenvalue weighted by Crippen LogP contribution is -2.11. The van der Waals surface area contributed by atoms with Crippen molar-refractivity contribution in [3.05, 3.63) is 84.4 Å². The molecule has 0 aliphatic rings. The summed E-state index contributed by atoms with van der Waals surface area (Å²) in [5, 5.41) is 10.1. The molecule has 0 unspecified atom stereocenters. The molecule has 0 atom stereocenters. The number of nitrogens with zero attached hydrogens (tertiary/aromatic N) is 2. The van der Waals surface area contributed by atoms with Gasteiger partial charge in [-0.1, -0.05) is 30.3 Å². The number of hydrogen-bond donors (Lipinski definition) is 3. The van der Waals surface area contributed by atoms with E-state index in [1.54, 1.807) is 30.3 Å². The van der Waals surface area contributed by atoms with Crippen LogP contribution < -0.4 is 5.32 Å². The van der Waals surface area contributed by atoms with E-state index in [-0.39, 0.29) is 22.0 Å². The number of hydrogen-bond acceptors (Lipinski definition) is 7. The summed E-state index contributed by atoms with van der Waals surface area (Å²) in [5.74, 6) is -0.614. The second kappa shape index (κ2) is 9.83. The number of carbonyl (C=O) groups excluding carboxylic acids is 1. The first-order valence-electron chi connectivity index (χ1n) is 9.17. The Morgan fingerprint density at radius 3 is 2.00 bits per heavy atom. The van der Waals surface area contributed by atoms with Crippen molar-refractivity contribution in [3.63, 3.8) is 0 Å². The maximum Gasteiger partial charge on any atom is 0.296 e. The van der Waals surface area contributed by atoms with Gasteiger partial charge in [0.2, 0.25) is 5.91 Å². The maximum atomic E-state index is 12.2. The predicted molar refractivity (Wildman–Crippen MR) is 121 cm³/mol. The number of azo groups is 1. The van der Waals surface area contributed by atoms with E-state index < -0.39 is 31.0 Å². The van der Waals surface area contributed by atoms with E-state index in [1.165, 1.54) is 30.3 Å². The molecule has 33 heavy (non-hydrogen) atoms. The van der Waals surface area contributed by atoms with Crippen LogP contribution in [0.4, 0.5) is 17.1 Å². The van der Waals surface area contributed by atoms with Gasteiger partial charge in [-0.3, -0.25) is 13.9 Å². The predicted octanol–water partition coefficient (Wildman–Crippen LogP) is 4.25. The van der Waals surface area contributed by atoms with E-state index in [2.05, 4.69) is 15.5 Å². The molecular formula is C21H17N3O7S2. The lowest BCUT2D eigenvalue weighted by molar-refractivity contribution is -0.111. The average Bonchev–Trinajstić information content (AvgIpc) is 2.76. The number of amides is 1. The molecule has 10 nitrogen and oxygen atoms in total. The molecule has 0 aliphatic heterocycles. The zero-order chi connectivity index (χ0) is 24.1. The summed E-state index contributed by atoms with van der Waals surface area (Å²) in [6, 6.07) is 17.4. The highest BCUT2D eigenvalue weighted by atomic mass is 32.2. The SMILES string of the molecule is O=C(/C=C/c1ccccc1)Nc1ccc(N=Nc2ccc(S(=O)(=O)O)cc2)cc1S(=O)(=O)O. The molecule has 0 fully saturated rings. The number of benzene rings is 3. The molecule has 0 radical (unpaired) electrons. The molecular weight excluding hydrogens is 470 g/mol. The fourth-order valence-electron chi connectivity index (χ4n) is 2.60. The van der Waals surface area contributed by atoms with Crippen molar-refractivity contribution in [2.45, 2.75) is 9.79 Å². The van der Waals surface area contributed by atoms with Crippen molar-refractivity contribution < 1.29 is 30.7 Å². The van der Waals surface area contributed by atoms with Gasteiger partial charge in [-0.2, -0.15) is 27.1 Å². The number of anilines is 1. The van der Waals surface area contributed by atoms with Gasteiger partial charge in [-0.25, -0.2) is 0 Å². The van der Waals surface area contributed by atoms with Gasteiger partial charge in [0.15, 0.2) is 0 Å². The van der Waals surface area contributed by atoms with Gasteiger partial charge >= 0.3 is 0 Å². The van der Waals surface area contributed by atoms with E-state index >= 15 is 0 Å². The first-order chi connectivity index (χ1) is 15.5. The number of nitrogens with one attached hydrogen (secondary N) is 1.